The highest BCUT2D eigenvalue weighted by molar-refractivity contribution is 5.10. The van der Waals surface area contributed by atoms with Gasteiger partial charge in [-0.15, -0.1) is 0 Å². The minimum atomic E-state index is -0.278. The zero-order valence-corrected chi connectivity index (χ0v) is 9.45. The van der Waals surface area contributed by atoms with Crippen LogP contribution >= 0.6 is 0 Å². The summed E-state index contributed by atoms with van der Waals surface area (Å²) in [7, 11) is 0. The van der Waals surface area contributed by atoms with Crippen molar-refractivity contribution in [2.75, 3.05) is 6.61 Å². The van der Waals surface area contributed by atoms with Crippen molar-refractivity contribution in [2.45, 2.75) is 38.5 Å². The van der Waals surface area contributed by atoms with Crippen LogP contribution in [0.1, 0.15) is 25.3 Å². The van der Waals surface area contributed by atoms with Crippen LogP contribution in [0.3, 0.4) is 0 Å². The second-order valence-electron chi connectivity index (χ2n) is 4.14. The fourth-order valence-corrected chi connectivity index (χ4v) is 1.92. The van der Waals surface area contributed by atoms with Crippen LogP contribution in [0.2, 0.25) is 0 Å². The molecule has 16 heavy (non-hydrogen) atoms. The maximum atomic E-state index is 12.8. The number of pyridine rings is 1. The summed E-state index contributed by atoms with van der Waals surface area (Å²) in [5, 5.41) is 3.36. The van der Waals surface area contributed by atoms with Crippen molar-refractivity contribution in [1.82, 2.24) is 10.3 Å². The summed E-state index contributed by atoms with van der Waals surface area (Å²) in [6.07, 6.45) is 5.42. The molecule has 0 atom stereocenters. The quantitative estimate of drug-likeness (QED) is 0.829. The zero-order valence-electron chi connectivity index (χ0n) is 9.45. The molecule has 1 N–H and O–H groups in total. The van der Waals surface area contributed by atoms with Crippen molar-refractivity contribution in [2.24, 2.45) is 0 Å². The molecule has 0 bridgehead atoms. The fraction of sp³-hybridized carbons (Fsp3) is 0.583. The Labute approximate surface area is 95.0 Å². The van der Waals surface area contributed by atoms with Crippen molar-refractivity contribution < 1.29 is 9.13 Å². The highest BCUT2D eigenvalue weighted by atomic mass is 19.1. The molecule has 88 valence electrons. The topological polar surface area (TPSA) is 34.1 Å². The van der Waals surface area contributed by atoms with Crippen LogP contribution in [0.5, 0.6) is 0 Å². The Morgan fingerprint density at radius 1 is 1.50 bits per heavy atom. The molecular formula is C12H17FN2O. The number of halogens is 1. The molecule has 1 saturated carbocycles. The van der Waals surface area contributed by atoms with Gasteiger partial charge in [-0.25, -0.2) is 4.39 Å². The van der Waals surface area contributed by atoms with E-state index in [2.05, 4.69) is 10.3 Å². The van der Waals surface area contributed by atoms with E-state index >= 15 is 0 Å². The van der Waals surface area contributed by atoms with Gasteiger partial charge in [0.15, 0.2) is 0 Å². The number of hydrogen-bond donors (Lipinski definition) is 1. The Bertz CT molecular complexity index is 340. The van der Waals surface area contributed by atoms with E-state index in [0.29, 0.717) is 18.7 Å². The lowest BCUT2D eigenvalue weighted by Crippen LogP contribution is -2.45. The molecule has 2 rings (SSSR count). The van der Waals surface area contributed by atoms with E-state index in [0.717, 1.165) is 25.0 Å². The van der Waals surface area contributed by atoms with Crippen LogP contribution in [0, 0.1) is 5.82 Å². The van der Waals surface area contributed by atoms with E-state index in [9.17, 15) is 4.39 Å². The molecule has 1 aromatic heterocycles. The first-order valence-corrected chi connectivity index (χ1v) is 5.72. The second-order valence-corrected chi connectivity index (χ2v) is 4.14. The van der Waals surface area contributed by atoms with Gasteiger partial charge in [-0.05, 0) is 31.4 Å². The van der Waals surface area contributed by atoms with E-state index in [1.165, 1.54) is 12.3 Å². The first kappa shape index (κ1) is 11.5. The molecule has 0 amide bonds. The van der Waals surface area contributed by atoms with E-state index in [1.54, 1.807) is 6.20 Å². The lowest BCUT2D eigenvalue weighted by molar-refractivity contribution is -0.0102. The largest absolute Gasteiger partial charge is 0.378 e. The van der Waals surface area contributed by atoms with E-state index < -0.39 is 0 Å². The maximum absolute atomic E-state index is 12.8. The molecule has 1 aromatic rings. The zero-order chi connectivity index (χ0) is 11.4. The summed E-state index contributed by atoms with van der Waals surface area (Å²) >= 11 is 0. The first-order chi connectivity index (χ1) is 7.78. The maximum Gasteiger partial charge on any atom is 0.141 e. The Kier molecular flexibility index (Phi) is 3.85. The Hall–Kier alpha value is -1.00. The summed E-state index contributed by atoms with van der Waals surface area (Å²) < 4.78 is 18.3. The molecular weight excluding hydrogens is 207 g/mol. The van der Waals surface area contributed by atoms with Crippen molar-refractivity contribution in [1.29, 1.82) is 0 Å². The van der Waals surface area contributed by atoms with Gasteiger partial charge >= 0.3 is 0 Å². The van der Waals surface area contributed by atoms with Gasteiger partial charge in [0, 0.05) is 25.4 Å². The SMILES string of the molecule is CCOC1CC(NCc2cncc(F)c2)C1. The third-order valence-electron chi connectivity index (χ3n) is 2.85. The predicted octanol–water partition coefficient (Wildman–Crippen LogP) is 1.88. The molecule has 1 aliphatic carbocycles. The highest BCUT2D eigenvalue weighted by Gasteiger charge is 2.28. The molecule has 1 fully saturated rings. The summed E-state index contributed by atoms with van der Waals surface area (Å²) in [6.45, 7) is 3.47. The molecule has 0 radical (unpaired) electrons. The number of hydrogen-bond acceptors (Lipinski definition) is 3. The number of nitrogens with zero attached hydrogens (tertiary/aromatic N) is 1. The summed E-state index contributed by atoms with van der Waals surface area (Å²) in [4.78, 5) is 3.81. The molecule has 0 aromatic carbocycles. The molecule has 0 aliphatic heterocycles. The lowest BCUT2D eigenvalue weighted by Gasteiger charge is -2.35. The van der Waals surface area contributed by atoms with Gasteiger partial charge in [-0.2, -0.15) is 0 Å². The summed E-state index contributed by atoms with van der Waals surface area (Å²) in [5.41, 5.74) is 0.889. The van der Waals surface area contributed by atoms with E-state index in [1.807, 2.05) is 6.92 Å². The van der Waals surface area contributed by atoms with Crippen LogP contribution in [-0.4, -0.2) is 23.7 Å². The van der Waals surface area contributed by atoms with Crippen molar-refractivity contribution >= 4 is 0 Å². The van der Waals surface area contributed by atoms with Crippen LogP contribution < -0.4 is 5.32 Å². The monoisotopic (exact) mass is 224 g/mol. The summed E-state index contributed by atoms with van der Waals surface area (Å²) in [5.74, 6) is -0.278. The molecule has 1 aliphatic rings. The van der Waals surface area contributed by atoms with Gasteiger partial charge in [-0.1, -0.05) is 0 Å². The van der Waals surface area contributed by atoms with Gasteiger partial charge in [0.25, 0.3) is 0 Å². The Balaban J connectivity index is 1.69. The Morgan fingerprint density at radius 3 is 3.00 bits per heavy atom. The van der Waals surface area contributed by atoms with Crippen LogP contribution in [0.25, 0.3) is 0 Å². The highest BCUT2D eigenvalue weighted by Crippen LogP contribution is 2.23. The van der Waals surface area contributed by atoms with Crippen LogP contribution in [-0.2, 0) is 11.3 Å². The van der Waals surface area contributed by atoms with E-state index in [4.69, 9.17) is 4.74 Å². The normalized spacial score (nSPS) is 24.1. The standard InChI is InChI=1S/C12H17FN2O/c1-2-16-12-4-11(5-12)15-7-9-3-10(13)8-14-6-9/h3,6,8,11-12,15H,2,4-5,7H2,1H3. The molecule has 4 heteroatoms. The van der Waals surface area contributed by atoms with E-state index in [-0.39, 0.29) is 5.82 Å². The fourth-order valence-electron chi connectivity index (χ4n) is 1.92. The second kappa shape index (κ2) is 5.37. The molecule has 0 saturated heterocycles. The third-order valence-corrected chi connectivity index (χ3v) is 2.85. The van der Waals surface area contributed by atoms with Gasteiger partial charge < -0.3 is 10.1 Å². The van der Waals surface area contributed by atoms with Gasteiger partial charge in [0.1, 0.15) is 5.82 Å². The van der Waals surface area contributed by atoms with Crippen molar-refractivity contribution in [3.63, 3.8) is 0 Å². The lowest BCUT2D eigenvalue weighted by atomic mass is 9.89. The van der Waals surface area contributed by atoms with Gasteiger partial charge in [0.2, 0.25) is 0 Å². The Morgan fingerprint density at radius 2 is 2.31 bits per heavy atom. The number of aromatic nitrogens is 1. The third kappa shape index (κ3) is 3.00. The first-order valence-electron chi connectivity index (χ1n) is 5.72. The smallest absolute Gasteiger partial charge is 0.141 e. The molecule has 0 unspecified atom stereocenters. The predicted molar refractivity (Wildman–Crippen MR) is 59.5 cm³/mol. The molecule has 0 spiro atoms. The van der Waals surface area contributed by atoms with Crippen molar-refractivity contribution in [3.8, 4) is 0 Å². The van der Waals surface area contributed by atoms with Crippen LogP contribution in [0.4, 0.5) is 4.39 Å². The molecule has 3 nitrogen and oxygen atoms in total. The van der Waals surface area contributed by atoms with Gasteiger partial charge in [-0.3, -0.25) is 4.98 Å². The van der Waals surface area contributed by atoms with Crippen molar-refractivity contribution in [3.05, 3.63) is 29.8 Å². The van der Waals surface area contributed by atoms with Gasteiger partial charge in [0.05, 0.1) is 12.3 Å². The average molecular weight is 224 g/mol. The van der Waals surface area contributed by atoms with Crippen LogP contribution in [0.15, 0.2) is 18.5 Å². The number of ether oxygens (including phenoxy) is 1. The number of nitrogens with one attached hydrogen (secondary N) is 1. The minimum Gasteiger partial charge on any atom is -0.378 e. The molecule has 1 heterocycles. The minimum absolute atomic E-state index is 0.278. The average Bonchev–Trinajstić information content (AvgIpc) is 2.21. The summed E-state index contributed by atoms with van der Waals surface area (Å²) in [6, 6.07) is 2.01. The number of rotatable bonds is 5.